The molecule has 1 aliphatic rings. The molecular formula is C12H17N3O. The number of primary amides is 1. The maximum atomic E-state index is 11.1. The zero-order chi connectivity index (χ0) is 11.5. The van der Waals surface area contributed by atoms with Crippen molar-refractivity contribution in [3.63, 3.8) is 0 Å². The SMILES string of the molecule is C[C@H]1CCCN(c2cc(C(N)=O)ccn2)C1. The van der Waals surface area contributed by atoms with Crippen LogP contribution in [0.25, 0.3) is 0 Å². The third kappa shape index (κ3) is 2.32. The molecular weight excluding hydrogens is 202 g/mol. The Labute approximate surface area is 95.5 Å². The minimum absolute atomic E-state index is 0.395. The van der Waals surface area contributed by atoms with Crippen LogP contribution in [0.1, 0.15) is 30.1 Å². The van der Waals surface area contributed by atoms with E-state index in [0.717, 1.165) is 18.9 Å². The highest BCUT2D eigenvalue weighted by molar-refractivity contribution is 5.93. The number of carbonyl (C=O) groups excluding carboxylic acids is 1. The molecule has 1 amide bonds. The van der Waals surface area contributed by atoms with Gasteiger partial charge in [-0.3, -0.25) is 4.79 Å². The van der Waals surface area contributed by atoms with E-state index in [1.807, 2.05) is 0 Å². The van der Waals surface area contributed by atoms with Gasteiger partial charge in [-0.15, -0.1) is 0 Å². The van der Waals surface area contributed by atoms with Crippen molar-refractivity contribution in [3.05, 3.63) is 23.9 Å². The molecule has 4 nitrogen and oxygen atoms in total. The predicted octanol–water partition coefficient (Wildman–Crippen LogP) is 1.42. The van der Waals surface area contributed by atoms with Crippen molar-refractivity contribution in [1.29, 1.82) is 0 Å². The van der Waals surface area contributed by atoms with E-state index in [1.165, 1.54) is 12.8 Å². The fourth-order valence-electron chi connectivity index (χ4n) is 2.14. The summed E-state index contributed by atoms with van der Waals surface area (Å²) in [7, 11) is 0. The van der Waals surface area contributed by atoms with Crippen LogP contribution in [-0.2, 0) is 0 Å². The minimum atomic E-state index is -0.395. The number of aromatic nitrogens is 1. The number of nitrogens with zero attached hydrogens (tertiary/aromatic N) is 2. The molecule has 1 aromatic heterocycles. The summed E-state index contributed by atoms with van der Waals surface area (Å²) in [6.07, 6.45) is 4.10. The summed E-state index contributed by atoms with van der Waals surface area (Å²) in [6.45, 7) is 4.26. The number of hydrogen-bond donors (Lipinski definition) is 1. The highest BCUT2D eigenvalue weighted by atomic mass is 16.1. The summed E-state index contributed by atoms with van der Waals surface area (Å²) in [5.41, 5.74) is 5.79. The normalized spacial score (nSPS) is 20.8. The Balaban J connectivity index is 2.19. The molecule has 4 heteroatoms. The van der Waals surface area contributed by atoms with Gasteiger partial charge in [0.1, 0.15) is 5.82 Å². The largest absolute Gasteiger partial charge is 0.366 e. The first-order chi connectivity index (χ1) is 7.66. The maximum Gasteiger partial charge on any atom is 0.248 e. The lowest BCUT2D eigenvalue weighted by Gasteiger charge is -2.31. The summed E-state index contributed by atoms with van der Waals surface area (Å²) in [4.78, 5) is 17.6. The molecule has 0 unspecified atom stereocenters. The van der Waals surface area contributed by atoms with Crippen molar-refractivity contribution in [1.82, 2.24) is 4.98 Å². The van der Waals surface area contributed by atoms with Gasteiger partial charge in [0.2, 0.25) is 5.91 Å². The molecule has 0 aliphatic carbocycles. The number of amides is 1. The number of rotatable bonds is 2. The molecule has 0 spiro atoms. The molecule has 0 radical (unpaired) electrons. The van der Waals surface area contributed by atoms with Crippen molar-refractivity contribution in [2.45, 2.75) is 19.8 Å². The minimum Gasteiger partial charge on any atom is -0.366 e. The first-order valence-corrected chi connectivity index (χ1v) is 5.67. The summed E-state index contributed by atoms with van der Waals surface area (Å²) in [5.74, 6) is 1.16. The molecule has 0 saturated carbocycles. The van der Waals surface area contributed by atoms with E-state index in [4.69, 9.17) is 5.73 Å². The summed E-state index contributed by atoms with van der Waals surface area (Å²) >= 11 is 0. The van der Waals surface area contributed by atoms with Crippen LogP contribution in [0.15, 0.2) is 18.3 Å². The zero-order valence-corrected chi connectivity index (χ0v) is 9.52. The van der Waals surface area contributed by atoms with Gasteiger partial charge >= 0.3 is 0 Å². The Morgan fingerprint density at radius 1 is 1.62 bits per heavy atom. The quantitative estimate of drug-likeness (QED) is 0.818. The van der Waals surface area contributed by atoms with Crippen molar-refractivity contribution in [3.8, 4) is 0 Å². The van der Waals surface area contributed by atoms with E-state index in [9.17, 15) is 4.79 Å². The average molecular weight is 219 g/mol. The third-order valence-electron chi connectivity index (χ3n) is 3.01. The van der Waals surface area contributed by atoms with Crippen LogP contribution in [0.3, 0.4) is 0 Å². The Kier molecular flexibility index (Phi) is 3.08. The predicted molar refractivity (Wildman–Crippen MR) is 63.4 cm³/mol. The smallest absolute Gasteiger partial charge is 0.248 e. The molecule has 16 heavy (non-hydrogen) atoms. The van der Waals surface area contributed by atoms with Crippen LogP contribution in [-0.4, -0.2) is 24.0 Å². The molecule has 2 N–H and O–H groups in total. The Hall–Kier alpha value is -1.58. The number of piperidine rings is 1. The van der Waals surface area contributed by atoms with Gasteiger partial charge in [-0.25, -0.2) is 4.98 Å². The van der Waals surface area contributed by atoms with E-state index in [0.29, 0.717) is 11.5 Å². The highest BCUT2D eigenvalue weighted by Crippen LogP contribution is 2.21. The van der Waals surface area contributed by atoms with E-state index in [-0.39, 0.29) is 0 Å². The van der Waals surface area contributed by atoms with Gasteiger partial charge in [0.25, 0.3) is 0 Å². The monoisotopic (exact) mass is 219 g/mol. The second-order valence-corrected chi connectivity index (χ2v) is 4.46. The van der Waals surface area contributed by atoms with Crippen LogP contribution >= 0.6 is 0 Å². The van der Waals surface area contributed by atoms with Gasteiger partial charge in [-0.2, -0.15) is 0 Å². The Morgan fingerprint density at radius 2 is 2.44 bits per heavy atom. The first kappa shape index (κ1) is 10.9. The van der Waals surface area contributed by atoms with Gasteiger partial charge in [-0.1, -0.05) is 6.92 Å². The van der Waals surface area contributed by atoms with Crippen LogP contribution in [0.2, 0.25) is 0 Å². The number of anilines is 1. The topological polar surface area (TPSA) is 59.2 Å². The van der Waals surface area contributed by atoms with E-state index in [1.54, 1.807) is 18.3 Å². The first-order valence-electron chi connectivity index (χ1n) is 5.67. The van der Waals surface area contributed by atoms with E-state index in [2.05, 4.69) is 16.8 Å². The van der Waals surface area contributed by atoms with Crippen LogP contribution in [0.5, 0.6) is 0 Å². The maximum absolute atomic E-state index is 11.1. The third-order valence-corrected chi connectivity index (χ3v) is 3.01. The lowest BCUT2D eigenvalue weighted by Crippen LogP contribution is -2.34. The lowest BCUT2D eigenvalue weighted by molar-refractivity contribution is 0.1000. The Bertz CT molecular complexity index is 392. The average Bonchev–Trinajstić information content (AvgIpc) is 2.29. The van der Waals surface area contributed by atoms with Crippen molar-refractivity contribution in [2.75, 3.05) is 18.0 Å². The van der Waals surface area contributed by atoms with Crippen molar-refractivity contribution < 1.29 is 4.79 Å². The zero-order valence-electron chi connectivity index (χ0n) is 9.52. The molecule has 1 aliphatic heterocycles. The molecule has 0 bridgehead atoms. The molecule has 0 aromatic carbocycles. The second kappa shape index (κ2) is 4.51. The molecule has 2 rings (SSSR count). The fourth-order valence-corrected chi connectivity index (χ4v) is 2.14. The van der Waals surface area contributed by atoms with Crippen LogP contribution in [0.4, 0.5) is 5.82 Å². The van der Waals surface area contributed by atoms with E-state index >= 15 is 0 Å². The molecule has 1 fully saturated rings. The standard InChI is InChI=1S/C12H17N3O/c1-9-3-2-6-15(8-9)11-7-10(12(13)16)4-5-14-11/h4-5,7,9H,2-3,6,8H2,1H3,(H2,13,16)/t9-/m0/s1. The van der Waals surface area contributed by atoms with Gasteiger partial charge < -0.3 is 10.6 Å². The van der Waals surface area contributed by atoms with Gasteiger partial charge in [-0.05, 0) is 30.9 Å². The summed E-state index contributed by atoms with van der Waals surface area (Å²) < 4.78 is 0. The van der Waals surface area contributed by atoms with Crippen LogP contribution < -0.4 is 10.6 Å². The van der Waals surface area contributed by atoms with Gasteiger partial charge in [0.15, 0.2) is 0 Å². The second-order valence-electron chi connectivity index (χ2n) is 4.46. The molecule has 1 saturated heterocycles. The van der Waals surface area contributed by atoms with Crippen molar-refractivity contribution >= 4 is 11.7 Å². The van der Waals surface area contributed by atoms with Gasteiger partial charge in [0, 0.05) is 24.8 Å². The van der Waals surface area contributed by atoms with Crippen LogP contribution in [0, 0.1) is 5.92 Å². The lowest BCUT2D eigenvalue weighted by atomic mass is 10.0. The highest BCUT2D eigenvalue weighted by Gasteiger charge is 2.17. The molecule has 86 valence electrons. The number of hydrogen-bond acceptors (Lipinski definition) is 3. The fraction of sp³-hybridized carbons (Fsp3) is 0.500. The number of pyridine rings is 1. The van der Waals surface area contributed by atoms with E-state index < -0.39 is 5.91 Å². The molecule has 1 aromatic rings. The van der Waals surface area contributed by atoms with Crippen molar-refractivity contribution in [2.24, 2.45) is 11.7 Å². The number of nitrogens with two attached hydrogens (primary N) is 1. The Morgan fingerprint density at radius 3 is 3.12 bits per heavy atom. The van der Waals surface area contributed by atoms with Gasteiger partial charge in [0.05, 0.1) is 0 Å². The summed E-state index contributed by atoms with van der Waals surface area (Å²) in [5, 5.41) is 0. The number of carbonyl (C=O) groups is 1. The molecule has 1 atom stereocenters. The molecule has 2 heterocycles. The summed E-state index contributed by atoms with van der Waals surface area (Å²) in [6, 6.07) is 3.43.